The molecule has 6 nitrogen and oxygen atoms in total. The van der Waals surface area contributed by atoms with Gasteiger partial charge < -0.3 is 10.6 Å². The van der Waals surface area contributed by atoms with Crippen molar-refractivity contribution in [3.63, 3.8) is 0 Å². The molecule has 0 bridgehead atoms. The van der Waals surface area contributed by atoms with Crippen LogP contribution in [0.5, 0.6) is 0 Å². The Labute approximate surface area is 152 Å². The minimum atomic E-state index is -4.35. The van der Waals surface area contributed by atoms with Gasteiger partial charge in [0.15, 0.2) is 5.96 Å². The molecule has 0 fully saturated rings. The van der Waals surface area contributed by atoms with E-state index >= 15 is 0 Å². The van der Waals surface area contributed by atoms with E-state index in [-0.39, 0.29) is 0 Å². The summed E-state index contributed by atoms with van der Waals surface area (Å²) in [7, 11) is -1.62. The van der Waals surface area contributed by atoms with Gasteiger partial charge >= 0.3 is 6.18 Å². The fourth-order valence-electron chi connectivity index (χ4n) is 2.24. The van der Waals surface area contributed by atoms with E-state index in [9.17, 15) is 21.6 Å². The van der Waals surface area contributed by atoms with Crippen LogP contribution in [-0.2, 0) is 22.7 Å². The Morgan fingerprint density at radius 2 is 1.81 bits per heavy atom. The summed E-state index contributed by atoms with van der Waals surface area (Å²) < 4.78 is 62.0. The SMILES string of the molecule is CCN(CCCNC(=NC)NCc1ccc(C(F)(F)F)cc1)S(C)(=O)=O. The highest BCUT2D eigenvalue weighted by atomic mass is 32.2. The second-order valence-corrected chi connectivity index (χ2v) is 7.64. The molecule has 0 heterocycles. The number of rotatable bonds is 8. The van der Waals surface area contributed by atoms with Crippen LogP contribution in [0.2, 0.25) is 0 Å². The van der Waals surface area contributed by atoms with Gasteiger partial charge in [-0.3, -0.25) is 4.99 Å². The van der Waals surface area contributed by atoms with Gasteiger partial charge in [-0.05, 0) is 24.1 Å². The molecular formula is C16H25F3N4O2S. The third kappa shape index (κ3) is 7.61. The summed E-state index contributed by atoms with van der Waals surface area (Å²) in [6.45, 7) is 3.43. The maximum atomic E-state index is 12.5. The second kappa shape index (κ2) is 9.77. The lowest BCUT2D eigenvalue weighted by Gasteiger charge is -2.18. The average molecular weight is 394 g/mol. The minimum Gasteiger partial charge on any atom is -0.356 e. The maximum absolute atomic E-state index is 12.5. The number of nitrogens with zero attached hydrogens (tertiary/aromatic N) is 2. The first-order chi connectivity index (χ1) is 12.1. The number of benzene rings is 1. The number of nitrogens with one attached hydrogen (secondary N) is 2. The maximum Gasteiger partial charge on any atom is 0.416 e. The summed E-state index contributed by atoms with van der Waals surface area (Å²) in [6, 6.07) is 4.90. The fourth-order valence-corrected chi connectivity index (χ4v) is 3.17. The Bertz CT molecular complexity index is 688. The monoisotopic (exact) mass is 394 g/mol. The van der Waals surface area contributed by atoms with Gasteiger partial charge in [-0.2, -0.15) is 13.2 Å². The molecule has 0 aliphatic rings. The summed E-state index contributed by atoms with van der Waals surface area (Å²) in [5.74, 6) is 0.493. The summed E-state index contributed by atoms with van der Waals surface area (Å²) in [6.07, 6.45) is -2.57. The van der Waals surface area contributed by atoms with Crippen LogP contribution >= 0.6 is 0 Å². The molecule has 0 saturated heterocycles. The van der Waals surface area contributed by atoms with E-state index in [1.54, 1.807) is 14.0 Å². The summed E-state index contributed by atoms with van der Waals surface area (Å²) in [5, 5.41) is 6.05. The van der Waals surface area contributed by atoms with Crippen molar-refractivity contribution in [1.82, 2.24) is 14.9 Å². The fraction of sp³-hybridized carbons (Fsp3) is 0.562. The molecule has 0 atom stereocenters. The summed E-state index contributed by atoms with van der Waals surface area (Å²) in [5.41, 5.74) is 0.00490. The predicted octanol–water partition coefficient (Wildman–Crippen LogP) is 2.04. The van der Waals surface area contributed by atoms with Crippen molar-refractivity contribution < 1.29 is 21.6 Å². The largest absolute Gasteiger partial charge is 0.416 e. The van der Waals surface area contributed by atoms with Crippen molar-refractivity contribution in [3.8, 4) is 0 Å². The molecule has 2 N–H and O–H groups in total. The quantitative estimate of drug-likeness (QED) is 0.402. The van der Waals surface area contributed by atoms with Gasteiger partial charge in [-0.15, -0.1) is 0 Å². The molecule has 0 radical (unpaired) electrons. The van der Waals surface area contributed by atoms with Gasteiger partial charge in [-0.1, -0.05) is 19.1 Å². The number of sulfonamides is 1. The van der Waals surface area contributed by atoms with Gasteiger partial charge in [0.25, 0.3) is 0 Å². The highest BCUT2D eigenvalue weighted by molar-refractivity contribution is 7.88. The number of aliphatic imine (C=N–C) groups is 1. The first-order valence-corrected chi connectivity index (χ1v) is 9.98. The molecule has 0 aliphatic heterocycles. The molecule has 0 aromatic heterocycles. The van der Waals surface area contributed by atoms with Gasteiger partial charge in [-0.25, -0.2) is 12.7 Å². The molecule has 0 amide bonds. The van der Waals surface area contributed by atoms with E-state index in [2.05, 4.69) is 15.6 Å². The van der Waals surface area contributed by atoms with Crippen LogP contribution in [0.25, 0.3) is 0 Å². The first-order valence-electron chi connectivity index (χ1n) is 8.13. The lowest BCUT2D eigenvalue weighted by Crippen LogP contribution is -2.39. The van der Waals surface area contributed by atoms with Crippen LogP contribution in [0.15, 0.2) is 29.3 Å². The molecule has 1 rings (SSSR count). The molecule has 10 heteroatoms. The van der Waals surface area contributed by atoms with E-state index < -0.39 is 21.8 Å². The van der Waals surface area contributed by atoms with Crippen molar-refractivity contribution in [2.75, 3.05) is 32.9 Å². The second-order valence-electron chi connectivity index (χ2n) is 5.66. The molecule has 1 aromatic rings. The van der Waals surface area contributed by atoms with E-state index in [0.717, 1.165) is 12.1 Å². The Morgan fingerprint density at radius 1 is 1.19 bits per heavy atom. The van der Waals surface area contributed by atoms with Gasteiger partial charge in [0.2, 0.25) is 10.0 Å². The van der Waals surface area contributed by atoms with Crippen LogP contribution in [0.1, 0.15) is 24.5 Å². The molecule has 0 unspecified atom stereocenters. The van der Waals surface area contributed by atoms with E-state index in [0.29, 0.717) is 44.1 Å². The Kier molecular flexibility index (Phi) is 8.35. The number of hydrogen-bond acceptors (Lipinski definition) is 3. The third-order valence-corrected chi connectivity index (χ3v) is 5.04. The minimum absolute atomic E-state index is 0.322. The van der Waals surface area contributed by atoms with Crippen molar-refractivity contribution in [2.24, 2.45) is 4.99 Å². The van der Waals surface area contributed by atoms with E-state index in [4.69, 9.17) is 0 Å². The highest BCUT2D eigenvalue weighted by Gasteiger charge is 2.29. The van der Waals surface area contributed by atoms with Crippen molar-refractivity contribution in [1.29, 1.82) is 0 Å². The molecule has 0 saturated carbocycles. The van der Waals surface area contributed by atoms with E-state index in [1.807, 2.05) is 0 Å². The van der Waals surface area contributed by atoms with E-state index in [1.165, 1.54) is 22.7 Å². The lowest BCUT2D eigenvalue weighted by molar-refractivity contribution is -0.137. The van der Waals surface area contributed by atoms with Crippen LogP contribution < -0.4 is 10.6 Å². The molecule has 148 valence electrons. The predicted molar refractivity (Wildman–Crippen MR) is 96.4 cm³/mol. The normalized spacial score (nSPS) is 13.1. The summed E-state index contributed by atoms with van der Waals surface area (Å²) in [4.78, 5) is 4.03. The first kappa shape index (κ1) is 22.2. The molecule has 26 heavy (non-hydrogen) atoms. The van der Waals surface area contributed by atoms with Gasteiger partial charge in [0.1, 0.15) is 0 Å². The molecule has 0 spiro atoms. The van der Waals surface area contributed by atoms with Crippen LogP contribution in [0, 0.1) is 0 Å². The van der Waals surface area contributed by atoms with Crippen molar-refractivity contribution >= 4 is 16.0 Å². The number of halogens is 3. The number of hydrogen-bond donors (Lipinski definition) is 2. The molecule has 1 aromatic carbocycles. The zero-order valence-electron chi connectivity index (χ0n) is 15.1. The molecular weight excluding hydrogens is 369 g/mol. The lowest BCUT2D eigenvalue weighted by atomic mass is 10.1. The van der Waals surface area contributed by atoms with Crippen molar-refractivity contribution in [3.05, 3.63) is 35.4 Å². The van der Waals surface area contributed by atoms with Crippen LogP contribution in [0.3, 0.4) is 0 Å². The number of alkyl halides is 3. The summed E-state index contributed by atoms with van der Waals surface area (Å²) >= 11 is 0. The van der Waals surface area contributed by atoms with Gasteiger partial charge in [0, 0.05) is 33.2 Å². The van der Waals surface area contributed by atoms with Crippen LogP contribution in [0.4, 0.5) is 13.2 Å². The Morgan fingerprint density at radius 3 is 2.27 bits per heavy atom. The highest BCUT2D eigenvalue weighted by Crippen LogP contribution is 2.28. The van der Waals surface area contributed by atoms with Crippen LogP contribution in [-0.4, -0.2) is 51.6 Å². The standard InChI is InChI=1S/C16H25F3N4O2S/c1-4-23(26(3,24)25)11-5-10-21-15(20-2)22-12-13-6-8-14(9-7-13)16(17,18)19/h6-9H,4-5,10-12H2,1-3H3,(H2,20,21,22). The Hall–Kier alpha value is -1.81. The Balaban J connectivity index is 2.42. The topological polar surface area (TPSA) is 73.8 Å². The smallest absolute Gasteiger partial charge is 0.356 e. The zero-order valence-corrected chi connectivity index (χ0v) is 15.9. The van der Waals surface area contributed by atoms with Crippen molar-refractivity contribution in [2.45, 2.75) is 26.1 Å². The zero-order chi connectivity index (χ0) is 19.8. The number of guanidine groups is 1. The third-order valence-electron chi connectivity index (χ3n) is 3.66. The van der Waals surface area contributed by atoms with Gasteiger partial charge in [0.05, 0.1) is 11.8 Å². The average Bonchev–Trinajstić information content (AvgIpc) is 2.56. The molecule has 0 aliphatic carbocycles.